The van der Waals surface area contributed by atoms with Crippen LogP contribution in [0.5, 0.6) is 0 Å². The van der Waals surface area contributed by atoms with Gasteiger partial charge in [0.1, 0.15) is 0 Å². The minimum atomic E-state index is -0.229. The summed E-state index contributed by atoms with van der Waals surface area (Å²) in [5.41, 5.74) is 3.16. The lowest BCUT2D eigenvalue weighted by molar-refractivity contribution is -0.142. The summed E-state index contributed by atoms with van der Waals surface area (Å²) in [5.74, 6) is 1.07. The summed E-state index contributed by atoms with van der Waals surface area (Å²) >= 11 is 0. The first-order valence-electron chi connectivity index (χ1n) is 9.41. The van der Waals surface area contributed by atoms with Crippen molar-refractivity contribution in [2.24, 2.45) is 0 Å². The molecule has 2 aromatic heterocycles. The van der Waals surface area contributed by atoms with Gasteiger partial charge in [0.05, 0.1) is 18.2 Å². The fourth-order valence-corrected chi connectivity index (χ4v) is 3.36. The van der Waals surface area contributed by atoms with E-state index in [0.717, 1.165) is 17.7 Å². The first-order chi connectivity index (χ1) is 13.6. The fourth-order valence-electron chi connectivity index (χ4n) is 3.36. The first-order valence-corrected chi connectivity index (χ1v) is 9.41. The van der Waals surface area contributed by atoms with Crippen molar-refractivity contribution < 1.29 is 9.21 Å². The molecular formula is C21H23N5O2. The van der Waals surface area contributed by atoms with Crippen LogP contribution in [-0.4, -0.2) is 50.0 Å². The third-order valence-corrected chi connectivity index (χ3v) is 5.08. The highest BCUT2D eigenvalue weighted by Gasteiger charge is 2.32. The second-order valence-electron chi connectivity index (χ2n) is 7.13. The van der Waals surface area contributed by atoms with Crippen molar-refractivity contribution in [3.63, 3.8) is 0 Å². The van der Waals surface area contributed by atoms with Crippen molar-refractivity contribution in [1.29, 1.82) is 0 Å². The monoisotopic (exact) mass is 377 g/mol. The van der Waals surface area contributed by atoms with E-state index < -0.39 is 0 Å². The number of carbonyl (C=O) groups excluding carboxylic acids is 1. The predicted molar refractivity (Wildman–Crippen MR) is 104 cm³/mol. The van der Waals surface area contributed by atoms with Gasteiger partial charge in [0.15, 0.2) is 0 Å². The number of amides is 1. The molecule has 0 N–H and O–H groups in total. The van der Waals surface area contributed by atoms with Crippen LogP contribution in [0, 0.1) is 6.92 Å². The number of aryl methyl sites for hydroxylation is 1. The Kier molecular flexibility index (Phi) is 5.16. The molecule has 0 saturated carbocycles. The quantitative estimate of drug-likeness (QED) is 0.680. The minimum absolute atomic E-state index is 0.124. The van der Waals surface area contributed by atoms with Crippen LogP contribution in [-0.2, 0) is 17.9 Å². The van der Waals surface area contributed by atoms with Gasteiger partial charge in [-0.2, -0.15) is 0 Å². The number of carbonyl (C=O) groups is 1. The fraction of sp³-hybridized carbons (Fsp3) is 0.333. The Labute approximate surface area is 164 Å². The maximum Gasteiger partial charge on any atom is 0.249 e. The van der Waals surface area contributed by atoms with E-state index in [4.69, 9.17) is 4.42 Å². The number of rotatable bonds is 5. The van der Waals surface area contributed by atoms with Crippen LogP contribution in [0.4, 0.5) is 0 Å². The molecular weight excluding hydrogens is 354 g/mol. The number of benzene rings is 1. The van der Waals surface area contributed by atoms with E-state index in [9.17, 15) is 4.79 Å². The van der Waals surface area contributed by atoms with E-state index in [1.807, 2.05) is 24.0 Å². The van der Waals surface area contributed by atoms with Crippen LogP contribution in [0.15, 0.2) is 53.2 Å². The van der Waals surface area contributed by atoms with E-state index in [1.54, 1.807) is 12.4 Å². The number of nitrogens with zero attached hydrogens (tertiary/aromatic N) is 5. The van der Waals surface area contributed by atoms with Crippen molar-refractivity contribution in [2.45, 2.75) is 33.0 Å². The Balaban J connectivity index is 1.39. The van der Waals surface area contributed by atoms with Crippen molar-refractivity contribution in [1.82, 2.24) is 25.0 Å². The zero-order valence-corrected chi connectivity index (χ0v) is 16.1. The van der Waals surface area contributed by atoms with Gasteiger partial charge >= 0.3 is 0 Å². The van der Waals surface area contributed by atoms with Gasteiger partial charge in [-0.25, -0.2) is 0 Å². The van der Waals surface area contributed by atoms with E-state index in [1.165, 1.54) is 5.56 Å². The van der Waals surface area contributed by atoms with Gasteiger partial charge in [0.2, 0.25) is 17.7 Å². The lowest BCUT2D eigenvalue weighted by Crippen LogP contribution is -2.54. The summed E-state index contributed by atoms with van der Waals surface area (Å²) in [4.78, 5) is 20.9. The van der Waals surface area contributed by atoms with Crippen LogP contribution in [0.2, 0.25) is 0 Å². The van der Waals surface area contributed by atoms with Crippen molar-refractivity contribution >= 4 is 5.91 Å². The number of piperazine rings is 1. The van der Waals surface area contributed by atoms with Crippen LogP contribution < -0.4 is 0 Å². The highest BCUT2D eigenvalue weighted by molar-refractivity contribution is 5.82. The molecule has 1 aromatic carbocycles. The topological polar surface area (TPSA) is 75.4 Å². The second-order valence-corrected chi connectivity index (χ2v) is 7.13. The SMILES string of the molecule is Cc1ccc(CN2CCN(Cc3nnc(-c4cccnc4)o3)C(C)C2=O)cc1. The number of aromatic nitrogens is 3. The summed E-state index contributed by atoms with van der Waals surface area (Å²) < 4.78 is 5.76. The second kappa shape index (κ2) is 7.90. The highest BCUT2D eigenvalue weighted by Crippen LogP contribution is 2.20. The maximum atomic E-state index is 12.8. The van der Waals surface area contributed by atoms with Crippen LogP contribution in [0.25, 0.3) is 11.5 Å². The molecule has 7 nitrogen and oxygen atoms in total. The molecule has 0 bridgehead atoms. The molecule has 28 heavy (non-hydrogen) atoms. The van der Waals surface area contributed by atoms with Gasteiger partial charge in [-0.3, -0.25) is 14.7 Å². The van der Waals surface area contributed by atoms with Crippen molar-refractivity contribution in [3.8, 4) is 11.5 Å². The summed E-state index contributed by atoms with van der Waals surface area (Å²) in [7, 11) is 0. The van der Waals surface area contributed by atoms with Crippen LogP contribution in [0.1, 0.15) is 23.9 Å². The lowest BCUT2D eigenvalue weighted by Gasteiger charge is -2.38. The Morgan fingerprint density at radius 1 is 1.11 bits per heavy atom. The van der Waals surface area contributed by atoms with Crippen molar-refractivity contribution in [2.75, 3.05) is 13.1 Å². The van der Waals surface area contributed by atoms with Gasteiger partial charge in [-0.15, -0.1) is 10.2 Å². The minimum Gasteiger partial charge on any atom is -0.419 e. The number of pyridine rings is 1. The normalized spacial score (nSPS) is 17.9. The zero-order chi connectivity index (χ0) is 19.5. The molecule has 1 saturated heterocycles. The van der Waals surface area contributed by atoms with Gasteiger partial charge in [0, 0.05) is 32.0 Å². The van der Waals surface area contributed by atoms with Crippen LogP contribution >= 0.6 is 0 Å². The van der Waals surface area contributed by atoms with E-state index in [-0.39, 0.29) is 11.9 Å². The molecule has 1 amide bonds. The van der Waals surface area contributed by atoms with E-state index in [0.29, 0.717) is 31.4 Å². The Morgan fingerprint density at radius 2 is 1.93 bits per heavy atom. The number of hydrogen-bond donors (Lipinski definition) is 0. The summed E-state index contributed by atoms with van der Waals surface area (Å²) in [6, 6.07) is 11.8. The molecule has 7 heteroatoms. The Bertz CT molecular complexity index is 939. The lowest BCUT2D eigenvalue weighted by atomic mass is 10.1. The molecule has 1 aliphatic rings. The molecule has 0 spiro atoms. The molecule has 1 aliphatic heterocycles. The van der Waals surface area contributed by atoms with Gasteiger partial charge in [-0.1, -0.05) is 29.8 Å². The average molecular weight is 377 g/mol. The molecule has 4 rings (SSSR count). The van der Waals surface area contributed by atoms with Gasteiger partial charge < -0.3 is 9.32 Å². The van der Waals surface area contributed by atoms with Crippen molar-refractivity contribution in [3.05, 3.63) is 65.8 Å². The highest BCUT2D eigenvalue weighted by atomic mass is 16.4. The number of hydrogen-bond acceptors (Lipinski definition) is 6. The smallest absolute Gasteiger partial charge is 0.249 e. The predicted octanol–water partition coefficient (Wildman–Crippen LogP) is 2.67. The molecule has 1 atom stereocenters. The Morgan fingerprint density at radius 3 is 2.68 bits per heavy atom. The standard InChI is InChI=1S/C21H23N5O2/c1-15-5-7-17(8-6-15)13-26-11-10-25(16(2)21(26)27)14-19-23-24-20(28-19)18-4-3-9-22-12-18/h3-9,12,16H,10-11,13-14H2,1-2H3. The van der Waals surface area contributed by atoms with Crippen LogP contribution in [0.3, 0.4) is 0 Å². The molecule has 3 heterocycles. The van der Waals surface area contributed by atoms with E-state index in [2.05, 4.69) is 51.3 Å². The summed E-state index contributed by atoms with van der Waals surface area (Å²) in [6.45, 7) is 6.54. The molecule has 1 fully saturated rings. The first kappa shape index (κ1) is 18.3. The largest absolute Gasteiger partial charge is 0.419 e. The zero-order valence-electron chi connectivity index (χ0n) is 16.1. The van der Waals surface area contributed by atoms with Gasteiger partial charge in [-0.05, 0) is 31.5 Å². The molecule has 3 aromatic rings. The summed E-state index contributed by atoms with van der Waals surface area (Å²) in [5, 5.41) is 8.23. The summed E-state index contributed by atoms with van der Waals surface area (Å²) in [6.07, 6.45) is 3.39. The maximum absolute atomic E-state index is 12.8. The molecule has 0 radical (unpaired) electrons. The van der Waals surface area contributed by atoms with Gasteiger partial charge in [0.25, 0.3) is 0 Å². The average Bonchev–Trinajstić information content (AvgIpc) is 3.19. The molecule has 144 valence electrons. The molecule has 1 unspecified atom stereocenters. The third-order valence-electron chi connectivity index (χ3n) is 5.08. The van der Waals surface area contributed by atoms with E-state index >= 15 is 0 Å². The third kappa shape index (κ3) is 3.94. The Hall–Kier alpha value is -3.06. The molecule has 0 aliphatic carbocycles.